The molecule has 1 rings (SSSR count). The van der Waals surface area contributed by atoms with E-state index in [4.69, 9.17) is 0 Å². The van der Waals surface area contributed by atoms with Crippen LogP contribution >= 0.6 is 0 Å². The Bertz CT molecular complexity index is 273. The largest absolute Gasteiger partial charge is 0.386 e. The van der Waals surface area contributed by atoms with E-state index in [0.717, 1.165) is 6.42 Å². The molecule has 0 fully saturated rings. The molecule has 0 aliphatic heterocycles. The molecule has 1 nitrogen and oxygen atoms in total. The third-order valence-corrected chi connectivity index (χ3v) is 3.87. The van der Waals surface area contributed by atoms with Gasteiger partial charge in [0.1, 0.15) is 0 Å². The molecule has 3 atom stereocenters. The van der Waals surface area contributed by atoms with E-state index >= 15 is 0 Å². The van der Waals surface area contributed by atoms with Gasteiger partial charge in [-0.2, -0.15) is 0 Å². The van der Waals surface area contributed by atoms with Crippen LogP contribution in [0.4, 0.5) is 0 Å². The van der Waals surface area contributed by atoms with E-state index in [0.29, 0.717) is 17.8 Å². The highest BCUT2D eigenvalue weighted by Crippen LogP contribution is 2.38. The molecular formula is C15H26O. The molecule has 0 saturated carbocycles. The molecular weight excluding hydrogens is 196 g/mol. The summed E-state index contributed by atoms with van der Waals surface area (Å²) < 4.78 is 0. The Morgan fingerprint density at radius 3 is 2.75 bits per heavy atom. The van der Waals surface area contributed by atoms with E-state index in [9.17, 15) is 5.11 Å². The van der Waals surface area contributed by atoms with E-state index in [1.807, 2.05) is 6.92 Å². The van der Waals surface area contributed by atoms with E-state index in [2.05, 4.69) is 33.4 Å². The molecule has 0 aromatic carbocycles. The van der Waals surface area contributed by atoms with Crippen LogP contribution in [0.2, 0.25) is 0 Å². The SMILES string of the molecule is C=C[C@@](C)(O)CC1C=C(C)CC[C@@H]1C(C)C. The van der Waals surface area contributed by atoms with Gasteiger partial charge in [0, 0.05) is 0 Å². The minimum absolute atomic E-state index is 0.502. The fourth-order valence-corrected chi connectivity index (χ4v) is 2.78. The highest BCUT2D eigenvalue weighted by atomic mass is 16.3. The lowest BCUT2D eigenvalue weighted by atomic mass is 9.71. The molecule has 0 bridgehead atoms. The fraction of sp³-hybridized carbons (Fsp3) is 0.733. The summed E-state index contributed by atoms with van der Waals surface area (Å²) in [6.07, 6.45) is 7.32. The molecule has 1 N–H and O–H groups in total. The van der Waals surface area contributed by atoms with E-state index in [1.165, 1.54) is 18.4 Å². The van der Waals surface area contributed by atoms with Crippen LogP contribution in [0.15, 0.2) is 24.3 Å². The maximum Gasteiger partial charge on any atom is 0.0802 e. The first-order valence-electron chi connectivity index (χ1n) is 6.39. The molecule has 1 aliphatic rings. The zero-order chi connectivity index (χ0) is 12.3. The zero-order valence-electron chi connectivity index (χ0n) is 11.2. The van der Waals surface area contributed by atoms with Crippen molar-refractivity contribution in [1.82, 2.24) is 0 Å². The minimum Gasteiger partial charge on any atom is -0.386 e. The average Bonchev–Trinajstić information content (AvgIpc) is 2.16. The maximum absolute atomic E-state index is 10.1. The van der Waals surface area contributed by atoms with Crippen LogP contribution in [0, 0.1) is 17.8 Å². The molecule has 0 aromatic rings. The Morgan fingerprint density at radius 2 is 2.25 bits per heavy atom. The third kappa shape index (κ3) is 3.48. The fourth-order valence-electron chi connectivity index (χ4n) is 2.78. The second-order valence-electron chi connectivity index (χ2n) is 5.89. The second-order valence-corrected chi connectivity index (χ2v) is 5.89. The average molecular weight is 222 g/mol. The second kappa shape index (κ2) is 5.18. The number of rotatable bonds is 4. The lowest BCUT2D eigenvalue weighted by molar-refractivity contribution is 0.0697. The topological polar surface area (TPSA) is 20.2 Å². The summed E-state index contributed by atoms with van der Waals surface area (Å²) in [6.45, 7) is 12.3. The number of allylic oxidation sites excluding steroid dienone is 2. The standard InChI is InChI=1S/C15H26O/c1-6-15(5,16)10-13-9-12(4)7-8-14(13)11(2)3/h6,9,11,13-14,16H,1,7-8,10H2,2-5H3/t13?,14-,15-/m1/s1. The molecule has 0 spiro atoms. The Hall–Kier alpha value is -0.560. The van der Waals surface area contributed by atoms with Crippen molar-refractivity contribution in [2.45, 2.75) is 52.6 Å². The van der Waals surface area contributed by atoms with Gasteiger partial charge in [-0.25, -0.2) is 0 Å². The van der Waals surface area contributed by atoms with Crippen LogP contribution in [0.5, 0.6) is 0 Å². The zero-order valence-corrected chi connectivity index (χ0v) is 11.2. The van der Waals surface area contributed by atoms with E-state index < -0.39 is 5.60 Å². The Labute approximate surface area is 100 Å². The van der Waals surface area contributed by atoms with E-state index in [1.54, 1.807) is 6.08 Å². The number of aliphatic hydroxyl groups is 1. The van der Waals surface area contributed by atoms with Crippen LogP contribution in [-0.2, 0) is 0 Å². The van der Waals surface area contributed by atoms with Gasteiger partial charge < -0.3 is 5.11 Å². The van der Waals surface area contributed by atoms with Crippen molar-refractivity contribution >= 4 is 0 Å². The van der Waals surface area contributed by atoms with Crippen molar-refractivity contribution in [2.75, 3.05) is 0 Å². The van der Waals surface area contributed by atoms with Crippen molar-refractivity contribution in [1.29, 1.82) is 0 Å². The van der Waals surface area contributed by atoms with Crippen molar-refractivity contribution in [2.24, 2.45) is 17.8 Å². The molecule has 0 saturated heterocycles. The Kier molecular flexibility index (Phi) is 4.37. The van der Waals surface area contributed by atoms with Gasteiger partial charge in [-0.1, -0.05) is 31.6 Å². The molecule has 92 valence electrons. The monoisotopic (exact) mass is 222 g/mol. The Balaban J connectivity index is 2.79. The first kappa shape index (κ1) is 13.5. The van der Waals surface area contributed by atoms with Crippen LogP contribution < -0.4 is 0 Å². The highest BCUT2D eigenvalue weighted by molar-refractivity contribution is 5.10. The number of hydrogen-bond acceptors (Lipinski definition) is 1. The summed E-state index contributed by atoms with van der Waals surface area (Å²) in [5.41, 5.74) is 0.744. The minimum atomic E-state index is -0.730. The van der Waals surface area contributed by atoms with Gasteiger partial charge in [0.05, 0.1) is 5.60 Å². The van der Waals surface area contributed by atoms with Crippen LogP contribution in [0.25, 0.3) is 0 Å². The van der Waals surface area contributed by atoms with E-state index in [-0.39, 0.29) is 0 Å². The molecule has 0 amide bonds. The predicted molar refractivity (Wildman–Crippen MR) is 70.2 cm³/mol. The van der Waals surface area contributed by atoms with Crippen molar-refractivity contribution in [3.05, 3.63) is 24.3 Å². The van der Waals surface area contributed by atoms with Gasteiger partial charge in [0.2, 0.25) is 0 Å². The summed E-state index contributed by atoms with van der Waals surface area (Å²) in [5, 5.41) is 10.1. The van der Waals surface area contributed by atoms with Crippen molar-refractivity contribution in [3.8, 4) is 0 Å². The molecule has 0 aromatic heterocycles. The Morgan fingerprint density at radius 1 is 1.62 bits per heavy atom. The van der Waals surface area contributed by atoms with Gasteiger partial charge in [-0.3, -0.25) is 0 Å². The van der Waals surface area contributed by atoms with Crippen LogP contribution in [0.1, 0.15) is 47.0 Å². The summed E-state index contributed by atoms with van der Waals surface area (Å²) in [5.74, 6) is 1.90. The third-order valence-electron chi connectivity index (χ3n) is 3.87. The summed E-state index contributed by atoms with van der Waals surface area (Å²) in [6, 6.07) is 0. The normalized spacial score (nSPS) is 29.8. The maximum atomic E-state index is 10.1. The van der Waals surface area contributed by atoms with Gasteiger partial charge in [-0.05, 0) is 50.9 Å². The van der Waals surface area contributed by atoms with Crippen LogP contribution in [-0.4, -0.2) is 10.7 Å². The summed E-state index contributed by atoms with van der Waals surface area (Å²) >= 11 is 0. The molecule has 1 unspecified atom stereocenters. The summed E-state index contributed by atoms with van der Waals surface area (Å²) in [7, 11) is 0. The molecule has 1 aliphatic carbocycles. The lowest BCUT2D eigenvalue weighted by Gasteiger charge is -2.36. The molecule has 0 heterocycles. The lowest BCUT2D eigenvalue weighted by Crippen LogP contribution is -2.31. The van der Waals surface area contributed by atoms with Crippen molar-refractivity contribution < 1.29 is 5.11 Å². The van der Waals surface area contributed by atoms with Gasteiger partial charge in [0.25, 0.3) is 0 Å². The highest BCUT2D eigenvalue weighted by Gasteiger charge is 2.30. The van der Waals surface area contributed by atoms with Gasteiger partial charge in [-0.15, -0.1) is 6.58 Å². The van der Waals surface area contributed by atoms with Crippen molar-refractivity contribution in [3.63, 3.8) is 0 Å². The number of hydrogen-bond donors (Lipinski definition) is 1. The first-order chi connectivity index (χ1) is 7.35. The van der Waals surface area contributed by atoms with Gasteiger partial charge in [0.15, 0.2) is 0 Å². The first-order valence-corrected chi connectivity index (χ1v) is 6.39. The molecule has 16 heavy (non-hydrogen) atoms. The predicted octanol–water partition coefficient (Wildman–Crippen LogP) is 3.94. The smallest absolute Gasteiger partial charge is 0.0802 e. The molecule has 1 heteroatoms. The van der Waals surface area contributed by atoms with Gasteiger partial charge >= 0.3 is 0 Å². The molecule has 0 radical (unpaired) electrons. The summed E-state index contributed by atoms with van der Waals surface area (Å²) in [4.78, 5) is 0. The van der Waals surface area contributed by atoms with Crippen LogP contribution in [0.3, 0.4) is 0 Å². The quantitative estimate of drug-likeness (QED) is 0.714.